The van der Waals surface area contributed by atoms with Crippen LogP contribution in [0.3, 0.4) is 0 Å². The summed E-state index contributed by atoms with van der Waals surface area (Å²) in [5, 5.41) is 3.22. The number of amides is 1. The Kier molecular flexibility index (Phi) is 7.29. The van der Waals surface area contributed by atoms with Crippen molar-refractivity contribution in [3.63, 3.8) is 0 Å². The van der Waals surface area contributed by atoms with E-state index in [9.17, 15) is 13.2 Å². The number of hydrogen-bond acceptors (Lipinski definition) is 5. The molecule has 7 nitrogen and oxygen atoms in total. The van der Waals surface area contributed by atoms with Crippen molar-refractivity contribution >= 4 is 34.0 Å². The molecule has 0 aromatic heterocycles. The van der Waals surface area contributed by atoms with Crippen LogP contribution < -0.4 is 14.8 Å². The predicted molar refractivity (Wildman–Crippen MR) is 111 cm³/mol. The molecule has 0 saturated carbocycles. The van der Waals surface area contributed by atoms with Crippen molar-refractivity contribution in [2.24, 2.45) is 0 Å². The molecule has 9 heteroatoms. The molecule has 2 aromatic rings. The molecule has 2 N–H and O–H groups in total. The summed E-state index contributed by atoms with van der Waals surface area (Å²) in [6.45, 7) is 1.62. The lowest BCUT2D eigenvalue weighted by Gasteiger charge is -2.24. The number of anilines is 1. The smallest absolute Gasteiger partial charge is 0.262 e. The van der Waals surface area contributed by atoms with Gasteiger partial charge in [0.1, 0.15) is 5.75 Å². The van der Waals surface area contributed by atoms with Crippen molar-refractivity contribution in [2.75, 3.05) is 32.0 Å². The van der Waals surface area contributed by atoms with Crippen LogP contribution in [0.1, 0.15) is 16.8 Å². The molecule has 0 aliphatic carbocycles. The number of sulfonamides is 1. The van der Waals surface area contributed by atoms with Gasteiger partial charge in [0.15, 0.2) is 0 Å². The summed E-state index contributed by atoms with van der Waals surface area (Å²) >= 11 is 0. The van der Waals surface area contributed by atoms with Crippen LogP contribution in [-0.2, 0) is 10.0 Å². The first-order valence-corrected chi connectivity index (χ1v) is 10.1. The number of nitrogens with zero attached hydrogens (tertiary/aromatic N) is 1. The minimum atomic E-state index is -3.86. The minimum Gasteiger partial charge on any atom is -0.495 e. The van der Waals surface area contributed by atoms with Gasteiger partial charge in [0.05, 0.1) is 17.7 Å². The van der Waals surface area contributed by atoms with Crippen LogP contribution in [0.2, 0.25) is 0 Å². The second kappa shape index (κ2) is 9.27. The molecule has 1 saturated heterocycles. The molecular weight excluding hydrogens is 402 g/mol. The van der Waals surface area contributed by atoms with Gasteiger partial charge in [-0.2, -0.15) is 0 Å². The maximum Gasteiger partial charge on any atom is 0.262 e. The lowest BCUT2D eigenvalue weighted by molar-refractivity contribution is 0.0743. The van der Waals surface area contributed by atoms with E-state index in [-0.39, 0.29) is 29.3 Å². The number of methoxy groups -OCH3 is 1. The zero-order valence-corrected chi connectivity index (χ0v) is 17.3. The van der Waals surface area contributed by atoms with Crippen molar-refractivity contribution < 1.29 is 17.9 Å². The molecule has 2 aromatic carbocycles. The van der Waals surface area contributed by atoms with Crippen LogP contribution >= 0.6 is 12.4 Å². The van der Waals surface area contributed by atoms with Crippen LogP contribution in [0.5, 0.6) is 5.75 Å². The minimum absolute atomic E-state index is 0. The summed E-state index contributed by atoms with van der Waals surface area (Å²) < 4.78 is 33.2. The van der Waals surface area contributed by atoms with E-state index in [0.717, 1.165) is 19.5 Å². The molecule has 0 radical (unpaired) electrons. The Morgan fingerprint density at radius 3 is 2.64 bits per heavy atom. The van der Waals surface area contributed by atoms with Crippen LogP contribution in [0, 0.1) is 0 Å². The number of likely N-dealkylation sites (N-methyl/N-ethyl adjacent to an activating group) is 1. The van der Waals surface area contributed by atoms with E-state index in [1.165, 1.54) is 19.2 Å². The third-order valence-corrected chi connectivity index (χ3v) is 6.01. The SMILES string of the molecule is COc1ccccc1NS(=O)(=O)c1cccc(C(=O)N(C)C2CCNC2)c1.Cl. The fourth-order valence-corrected chi connectivity index (χ4v) is 4.18. The largest absolute Gasteiger partial charge is 0.495 e. The van der Waals surface area contributed by atoms with Gasteiger partial charge < -0.3 is 15.0 Å². The Balaban J connectivity index is 0.00000280. The number of hydrogen-bond donors (Lipinski definition) is 2. The monoisotopic (exact) mass is 425 g/mol. The quantitative estimate of drug-likeness (QED) is 0.741. The fourth-order valence-electron chi connectivity index (χ4n) is 3.07. The van der Waals surface area contributed by atoms with Gasteiger partial charge in [0.2, 0.25) is 0 Å². The molecular formula is C19H24ClN3O4S. The highest BCUT2D eigenvalue weighted by molar-refractivity contribution is 7.92. The molecule has 1 unspecified atom stereocenters. The van der Waals surface area contributed by atoms with Gasteiger partial charge in [-0.15, -0.1) is 12.4 Å². The van der Waals surface area contributed by atoms with Crippen LogP contribution in [0.4, 0.5) is 5.69 Å². The molecule has 1 amide bonds. The van der Waals surface area contributed by atoms with E-state index in [0.29, 0.717) is 17.0 Å². The van der Waals surface area contributed by atoms with Crippen LogP contribution in [0.25, 0.3) is 0 Å². The molecule has 3 rings (SSSR count). The first-order valence-electron chi connectivity index (χ1n) is 8.66. The van der Waals surface area contributed by atoms with Crippen molar-refractivity contribution in [3.05, 3.63) is 54.1 Å². The van der Waals surface area contributed by atoms with Gasteiger partial charge in [-0.1, -0.05) is 18.2 Å². The number of nitrogens with one attached hydrogen (secondary N) is 2. The summed E-state index contributed by atoms with van der Waals surface area (Å²) in [6, 6.07) is 12.9. The Labute approximate surface area is 171 Å². The van der Waals surface area contributed by atoms with Gasteiger partial charge in [-0.25, -0.2) is 8.42 Å². The van der Waals surface area contributed by atoms with Crippen LogP contribution in [-0.4, -0.2) is 52.5 Å². The normalized spacial score (nSPS) is 16.1. The van der Waals surface area contributed by atoms with Crippen molar-refractivity contribution in [1.82, 2.24) is 10.2 Å². The molecule has 1 heterocycles. The molecule has 1 atom stereocenters. The number of halogens is 1. The summed E-state index contributed by atoms with van der Waals surface area (Å²) in [4.78, 5) is 14.4. The second-order valence-electron chi connectivity index (χ2n) is 6.40. The highest BCUT2D eigenvalue weighted by Crippen LogP contribution is 2.26. The van der Waals surface area contributed by atoms with Gasteiger partial charge in [-0.05, 0) is 43.3 Å². The maximum atomic E-state index is 12.8. The highest BCUT2D eigenvalue weighted by Gasteiger charge is 2.25. The average molecular weight is 426 g/mol. The number of rotatable bonds is 6. The van der Waals surface area contributed by atoms with E-state index in [2.05, 4.69) is 10.0 Å². The summed E-state index contributed by atoms with van der Waals surface area (Å²) in [6.07, 6.45) is 0.885. The number of carbonyl (C=O) groups is 1. The Hall–Kier alpha value is -2.29. The van der Waals surface area contributed by atoms with E-state index in [1.54, 1.807) is 48.3 Å². The van der Waals surface area contributed by atoms with Crippen molar-refractivity contribution in [1.29, 1.82) is 0 Å². The third-order valence-electron chi connectivity index (χ3n) is 4.64. The molecule has 28 heavy (non-hydrogen) atoms. The third kappa shape index (κ3) is 4.76. The Morgan fingerprint density at radius 1 is 1.21 bits per heavy atom. The summed E-state index contributed by atoms with van der Waals surface area (Å²) in [5.41, 5.74) is 0.679. The molecule has 152 valence electrons. The second-order valence-corrected chi connectivity index (χ2v) is 8.08. The van der Waals surface area contributed by atoms with E-state index in [1.807, 2.05) is 0 Å². The highest BCUT2D eigenvalue weighted by atomic mass is 35.5. The van der Waals surface area contributed by atoms with Crippen molar-refractivity contribution in [2.45, 2.75) is 17.4 Å². The number of carbonyl (C=O) groups excluding carboxylic acids is 1. The number of benzene rings is 2. The predicted octanol–water partition coefficient (Wildman–Crippen LogP) is 2.35. The topological polar surface area (TPSA) is 87.7 Å². The first-order chi connectivity index (χ1) is 12.9. The maximum absolute atomic E-state index is 12.8. The van der Waals surface area contributed by atoms with Gasteiger partial charge in [0, 0.05) is 25.2 Å². The lowest BCUT2D eigenvalue weighted by atomic mass is 10.1. The standard InChI is InChI=1S/C19H23N3O4S.ClH/c1-22(15-10-11-20-13-15)19(23)14-6-5-7-16(12-14)27(24,25)21-17-8-3-4-9-18(17)26-2;/h3-9,12,15,20-21H,10-11,13H2,1-2H3;1H. The Morgan fingerprint density at radius 2 is 1.96 bits per heavy atom. The average Bonchev–Trinajstić information content (AvgIpc) is 3.22. The molecule has 1 fully saturated rings. The molecule has 0 bridgehead atoms. The molecule has 1 aliphatic heterocycles. The van der Waals surface area contributed by atoms with E-state index >= 15 is 0 Å². The van der Waals surface area contributed by atoms with Gasteiger partial charge >= 0.3 is 0 Å². The van der Waals surface area contributed by atoms with Gasteiger partial charge in [-0.3, -0.25) is 9.52 Å². The zero-order chi connectivity index (χ0) is 19.4. The number of para-hydroxylation sites is 2. The lowest BCUT2D eigenvalue weighted by Crippen LogP contribution is -2.38. The van der Waals surface area contributed by atoms with Gasteiger partial charge in [0.25, 0.3) is 15.9 Å². The molecule has 1 aliphatic rings. The summed E-state index contributed by atoms with van der Waals surface area (Å²) in [5.74, 6) is 0.222. The van der Waals surface area contributed by atoms with E-state index < -0.39 is 10.0 Å². The van der Waals surface area contributed by atoms with Crippen molar-refractivity contribution in [3.8, 4) is 5.75 Å². The fraction of sp³-hybridized carbons (Fsp3) is 0.316. The first kappa shape index (κ1) is 22.0. The van der Waals surface area contributed by atoms with E-state index in [4.69, 9.17) is 4.74 Å². The Bertz CT molecular complexity index is 930. The zero-order valence-electron chi connectivity index (χ0n) is 15.7. The van der Waals surface area contributed by atoms with Crippen LogP contribution in [0.15, 0.2) is 53.4 Å². The molecule has 0 spiro atoms. The summed E-state index contributed by atoms with van der Waals surface area (Å²) in [7, 11) is -0.643. The number of ether oxygens (including phenoxy) is 1.